The highest BCUT2D eigenvalue weighted by molar-refractivity contribution is 6.32. The van der Waals surface area contributed by atoms with Crippen LogP contribution in [0.25, 0.3) is 0 Å². The van der Waals surface area contributed by atoms with Crippen LogP contribution in [0.2, 0.25) is 5.02 Å². The van der Waals surface area contributed by atoms with Gasteiger partial charge in [-0.2, -0.15) is 0 Å². The summed E-state index contributed by atoms with van der Waals surface area (Å²) in [6, 6.07) is 25.3. The second-order valence-electron chi connectivity index (χ2n) is 9.84. The highest BCUT2D eigenvalue weighted by Gasteiger charge is 2.48. The number of ether oxygens (including phenoxy) is 1. The van der Waals surface area contributed by atoms with Gasteiger partial charge in [0.1, 0.15) is 17.3 Å². The van der Waals surface area contributed by atoms with Crippen molar-refractivity contribution in [3.05, 3.63) is 112 Å². The monoisotopic (exact) mass is 543 g/mol. The van der Waals surface area contributed by atoms with Crippen LogP contribution in [0, 0.1) is 0 Å². The molecular formula is C30H30ClN5O3. The highest BCUT2D eigenvalue weighted by Crippen LogP contribution is 2.35. The Bertz CT molecular complexity index is 1430. The van der Waals surface area contributed by atoms with Crippen LogP contribution in [0.1, 0.15) is 23.6 Å². The van der Waals surface area contributed by atoms with Crippen LogP contribution in [-0.4, -0.2) is 57.2 Å². The number of hydrogen-bond donors (Lipinski definition) is 2. The zero-order chi connectivity index (χ0) is 26.9. The van der Waals surface area contributed by atoms with E-state index in [9.17, 15) is 9.90 Å². The first-order chi connectivity index (χ1) is 19.0. The number of guanidine groups is 1. The molecule has 200 valence electrons. The normalized spacial score (nSPS) is 20.2. The lowest BCUT2D eigenvalue weighted by Gasteiger charge is -2.35. The highest BCUT2D eigenvalue weighted by atomic mass is 35.5. The number of benzene rings is 3. The lowest BCUT2D eigenvalue weighted by Crippen LogP contribution is -2.52. The van der Waals surface area contributed by atoms with Crippen LogP contribution in [0.4, 0.5) is 0 Å². The molecule has 2 N–H and O–H groups in total. The number of hydrogen-bond acceptors (Lipinski definition) is 7. The van der Waals surface area contributed by atoms with E-state index >= 15 is 0 Å². The van der Waals surface area contributed by atoms with E-state index in [2.05, 4.69) is 22.3 Å². The van der Waals surface area contributed by atoms with Gasteiger partial charge in [0.25, 0.3) is 5.91 Å². The standard InChI is InChI=1S/C30H30ClN5O3/c1-2-34-28(38)26-27(36-18-23(32-29(34)36)15-20-9-5-3-6-10-20)33-30(39-19-21-11-7-4-8-12-21)35(26)17-22-13-14-25(37)24(31)16-22/h3-14,16,23,30,33,37H,2,15,17-19H2,1H3/t23-,30?/m1/s1. The van der Waals surface area contributed by atoms with E-state index in [1.807, 2.05) is 60.4 Å². The first kappa shape index (κ1) is 25.3. The maximum Gasteiger partial charge on any atom is 0.280 e. The average Bonchev–Trinajstić information content (AvgIpc) is 3.52. The molecule has 2 atom stereocenters. The Balaban J connectivity index is 1.32. The third-order valence-electron chi connectivity index (χ3n) is 7.19. The number of nitrogens with zero attached hydrogens (tertiary/aromatic N) is 4. The molecule has 0 radical (unpaired) electrons. The van der Waals surface area contributed by atoms with Crippen molar-refractivity contribution in [1.82, 2.24) is 20.0 Å². The van der Waals surface area contributed by atoms with E-state index in [0.717, 1.165) is 17.5 Å². The molecule has 0 fully saturated rings. The van der Waals surface area contributed by atoms with Crippen molar-refractivity contribution < 1.29 is 14.6 Å². The number of phenols is 1. The molecule has 0 saturated heterocycles. The van der Waals surface area contributed by atoms with Gasteiger partial charge >= 0.3 is 0 Å². The summed E-state index contributed by atoms with van der Waals surface area (Å²) in [5.74, 6) is 1.28. The van der Waals surface area contributed by atoms with Gasteiger partial charge in [0.15, 0.2) is 0 Å². The molecule has 3 heterocycles. The number of carbonyl (C=O) groups excluding carboxylic acids is 1. The molecule has 1 unspecified atom stereocenters. The minimum absolute atomic E-state index is 0.0185. The molecule has 1 amide bonds. The number of aromatic hydroxyl groups is 1. The van der Waals surface area contributed by atoms with E-state index in [0.29, 0.717) is 43.7 Å². The molecule has 39 heavy (non-hydrogen) atoms. The first-order valence-electron chi connectivity index (χ1n) is 13.1. The number of fused-ring (bicyclic) bond motifs is 2. The quantitative estimate of drug-likeness (QED) is 0.442. The summed E-state index contributed by atoms with van der Waals surface area (Å²) in [6.45, 7) is 3.85. The molecule has 0 spiro atoms. The summed E-state index contributed by atoms with van der Waals surface area (Å²) in [7, 11) is 0. The van der Waals surface area contributed by atoms with Gasteiger partial charge in [-0.3, -0.25) is 14.6 Å². The van der Waals surface area contributed by atoms with Crippen molar-refractivity contribution in [2.24, 2.45) is 4.99 Å². The molecule has 0 bridgehead atoms. The second kappa shape index (κ2) is 10.6. The summed E-state index contributed by atoms with van der Waals surface area (Å²) in [4.78, 5) is 24.7. The van der Waals surface area contributed by atoms with Gasteiger partial charge in [-0.05, 0) is 42.2 Å². The Hall–Kier alpha value is -4.01. The largest absolute Gasteiger partial charge is 0.506 e. The number of likely N-dealkylation sites (N-methyl/N-ethyl adjacent to an activating group) is 1. The Morgan fingerprint density at radius 2 is 1.74 bits per heavy atom. The van der Waals surface area contributed by atoms with Gasteiger partial charge in [0.2, 0.25) is 12.3 Å². The molecule has 0 aromatic heterocycles. The van der Waals surface area contributed by atoms with Crippen molar-refractivity contribution in [2.45, 2.75) is 38.9 Å². The molecule has 8 nitrogen and oxygen atoms in total. The minimum Gasteiger partial charge on any atom is -0.506 e. The zero-order valence-corrected chi connectivity index (χ0v) is 22.4. The Morgan fingerprint density at radius 3 is 2.44 bits per heavy atom. The van der Waals surface area contributed by atoms with Crippen LogP contribution in [0.15, 0.2) is 95.4 Å². The molecule has 3 aliphatic rings. The minimum atomic E-state index is -0.585. The molecule has 9 heteroatoms. The van der Waals surface area contributed by atoms with Gasteiger partial charge in [-0.25, -0.2) is 4.99 Å². The summed E-state index contributed by atoms with van der Waals surface area (Å²) >= 11 is 6.22. The van der Waals surface area contributed by atoms with E-state index in [1.54, 1.807) is 23.1 Å². The zero-order valence-electron chi connectivity index (χ0n) is 21.6. The number of nitrogens with one attached hydrogen (secondary N) is 1. The third-order valence-corrected chi connectivity index (χ3v) is 7.50. The number of carbonyl (C=O) groups is 1. The van der Waals surface area contributed by atoms with Crippen LogP contribution in [0.5, 0.6) is 5.75 Å². The molecule has 0 aliphatic carbocycles. The van der Waals surface area contributed by atoms with Crippen LogP contribution < -0.4 is 5.32 Å². The lowest BCUT2D eigenvalue weighted by atomic mass is 10.1. The van der Waals surface area contributed by atoms with Gasteiger partial charge in [0.05, 0.1) is 24.2 Å². The molecule has 3 aromatic rings. The summed E-state index contributed by atoms with van der Waals surface area (Å²) < 4.78 is 6.36. The second-order valence-corrected chi connectivity index (χ2v) is 10.2. The van der Waals surface area contributed by atoms with Crippen LogP contribution >= 0.6 is 11.6 Å². The topological polar surface area (TPSA) is 80.6 Å². The molecule has 6 rings (SSSR count). The van der Waals surface area contributed by atoms with Gasteiger partial charge in [-0.1, -0.05) is 78.3 Å². The maximum atomic E-state index is 13.9. The van der Waals surface area contributed by atoms with E-state index in [4.69, 9.17) is 21.3 Å². The SMILES string of the molecule is CCN1C(=O)C2=C(NC(OCc3ccccc3)N2Cc2ccc(O)c(Cl)c2)N2C[C@@H](Cc3ccccc3)N=C12. The van der Waals surface area contributed by atoms with E-state index < -0.39 is 6.35 Å². The number of halogens is 1. The number of amides is 1. The Kier molecular flexibility index (Phi) is 6.89. The van der Waals surface area contributed by atoms with Crippen molar-refractivity contribution >= 4 is 23.5 Å². The van der Waals surface area contributed by atoms with Crippen LogP contribution in [-0.2, 0) is 29.1 Å². The predicted molar refractivity (Wildman–Crippen MR) is 149 cm³/mol. The predicted octanol–water partition coefficient (Wildman–Crippen LogP) is 4.27. The van der Waals surface area contributed by atoms with E-state index in [-0.39, 0.29) is 22.7 Å². The summed E-state index contributed by atoms with van der Waals surface area (Å²) in [6.07, 6.45) is 0.205. The Morgan fingerprint density at radius 1 is 1.03 bits per heavy atom. The molecule has 3 aliphatic heterocycles. The average molecular weight is 544 g/mol. The third kappa shape index (κ3) is 4.93. The first-order valence-corrected chi connectivity index (χ1v) is 13.5. The van der Waals surface area contributed by atoms with Crippen molar-refractivity contribution in [3.63, 3.8) is 0 Å². The lowest BCUT2D eigenvalue weighted by molar-refractivity contribution is -0.128. The molecule has 3 aromatic carbocycles. The van der Waals surface area contributed by atoms with Crippen molar-refractivity contribution in [1.29, 1.82) is 0 Å². The smallest absolute Gasteiger partial charge is 0.280 e. The summed E-state index contributed by atoms with van der Waals surface area (Å²) in [5.41, 5.74) is 3.63. The molecular weight excluding hydrogens is 514 g/mol. The fourth-order valence-electron chi connectivity index (χ4n) is 5.31. The van der Waals surface area contributed by atoms with Crippen molar-refractivity contribution in [3.8, 4) is 5.75 Å². The fraction of sp³-hybridized carbons (Fsp3) is 0.267. The van der Waals surface area contributed by atoms with E-state index in [1.165, 1.54) is 5.56 Å². The summed E-state index contributed by atoms with van der Waals surface area (Å²) in [5, 5.41) is 13.7. The molecule has 0 saturated carbocycles. The van der Waals surface area contributed by atoms with Gasteiger partial charge in [-0.15, -0.1) is 0 Å². The van der Waals surface area contributed by atoms with Crippen molar-refractivity contribution in [2.75, 3.05) is 13.1 Å². The number of aliphatic imine (C=N–C) groups is 1. The number of phenolic OH excluding ortho intramolecular Hbond substituents is 1. The maximum absolute atomic E-state index is 13.9. The fourth-order valence-corrected chi connectivity index (χ4v) is 5.51. The Labute approximate surface area is 232 Å². The number of rotatable bonds is 8. The van der Waals surface area contributed by atoms with Gasteiger partial charge in [0, 0.05) is 13.1 Å². The van der Waals surface area contributed by atoms with Crippen LogP contribution in [0.3, 0.4) is 0 Å². The van der Waals surface area contributed by atoms with Gasteiger partial charge < -0.3 is 20.1 Å².